The summed E-state index contributed by atoms with van der Waals surface area (Å²) in [6, 6.07) is 5.59. The SMILES string of the molecule is COc1ccc2c(c1)C(Cl)=CCO2. The van der Waals surface area contributed by atoms with Crippen LogP contribution in [0.15, 0.2) is 24.3 Å². The molecule has 13 heavy (non-hydrogen) atoms. The van der Waals surface area contributed by atoms with Gasteiger partial charge in [0.25, 0.3) is 0 Å². The molecule has 0 N–H and O–H groups in total. The molecule has 0 radical (unpaired) electrons. The lowest BCUT2D eigenvalue weighted by Crippen LogP contribution is -2.02. The number of ether oxygens (including phenoxy) is 2. The van der Waals surface area contributed by atoms with Crippen molar-refractivity contribution in [3.05, 3.63) is 29.8 Å². The second-order valence-corrected chi connectivity index (χ2v) is 3.13. The maximum atomic E-state index is 6.00. The van der Waals surface area contributed by atoms with Gasteiger partial charge in [0, 0.05) is 5.56 Å². The van der Waals surface area contributed by atoms with Crippen LogP contribution in [0.2, 0.25) is 0 Å². The van der Waals surface area contributed by atoms with E-state index in [2.05, 4.69) is 0 Å². The maximum absolute atomic E-state index is 6.00. The zero-order valence-electron chi connectivity index (χ0n) is 7.21. The zero-order valence-corrected chi connectivity index (χ0v) is 7.97. The summed E-state index contributed by atoms with van der Waals surface area (Å²) >= 11 is 6.00. The number of hydrogen-bond donors (Lipinski definition) is 0. The summed E-state index contributed by atoms with van der Waals surface area (Å²) in [7, 11) is 1.63. The topological polar surface area (TPSA) is 18.5 Å². The van der Waals surface area contributed by atoms with Gasteiger partial charge in [-0.05, 0) is 24.3 Å². The van der Waals surface area contributed by atoms with Crippen LogP contribution in [-0.2, 0) is 0 Å². The Morgan fingerprint density at radius 3 is 3.08 bits per heavy atom. The molecule has 2 nitrogen and oxygen atoms in total. The minimum atomic E-state index is 0.540. The van der Waals surface area contributed by atoms with E-state index in [-0.39, 0.29) is 0 Å². The molecule has 1 aromatic carbocycles. The summed E-state index contributed by atoms with van der Waals surface area (Å²) < 4.78 is 10.5. The van der Waals surface area contributed by atoms with Gasteiger partial charge < -0.3 is 9.47 Å². The van der Waals surface area contributed by atoms with Gasteiger partial charge in [-0.25, -0.2) is 0 Å². The highest BCUT2D eigenvalue weighted by molar-refractivity contribution is 6.49. The predicted molar refractivity (Wildman–Crippen MR) is 52.3 cm³/mol. The lowest BCUT2D eigenvalue weighted by molar-refractivity contribution is 0.356. The van der Waals surface area contributed by atoms with Crippen LogP contribution in [0.3, 0.4) is 0 Å². The van der Waals surface area contributed by atoms with Crippen LogP contribution in [0, 0.1) is 0 Å². The molecule has 2 rings (SSSR count). The van der Waals surface area contributed by atoms with Gasteiger partial charge in [0.15, 0.2) is 0 Å². The fourth-order valence-corrected chi connectivity index (χ4v) is 1.47. The van der Waals surface area contributed by atoms with Crippen molar-refractivity contribution in [1.29, 1.82) is 0 Å². The molecular formula is C10H9ClO2. The first-order valence-electron chi connectivity index (χ1n) is 3.98. The van der Waals surface area contributed by atoms with Crippen molar-refractivity contribution in [2.75, 3.05) is 13.7 Å². The number of fused-ring (bicyclic) bond motifs is 1. The van der Waals surface area contributed by atoms with E-state index >= 15 is 0 Å². The zero-order chi connectivity index (χ0) is 9.26. The molecule has 0 bridgehead atoms. The Kier molecular flexibility index (Phi) is 2.15. The molecule has 0 amide bonds. The van der Waals surface area contributed by atoms with Gasteiger partial charge in [-0.3, -0.25) is 0 Å². The Bertz CT molecular complexity index is 358. The van der Waals surface area contributed by atoms with Crippen LogP contribution in [0.1, 0.15) is 5.56 Å². The van der Waals surface area contributed by atoms with Gasteiger partial charge in [0.05, 0.1) is 12.1 Å². The highest BCUT2D eigenvalue weighted by Gasteiger charge is 2.12. The lowest BCUT2D eigenvalue weighted by atomic mass is 10.1. The van der Waals surface area contributed by atoms with Crippen LogP contribution in [0.25, 0.3) is 5.03 Å². The van der Waals surface area contributed by atoms with Crippen molar-refractivity contribution in [1.82, 2.24) is 0 Å². The van der Waals surface area contributed by atoms with E-state index < -0.39 is 0 Å². The van der Waals surface area contributed by atoms with E-state index in [0.29, 0.717) is 6.61 Å². The van der Waals surface area contributed by atoms with E-state index in [1.807, 2.05) is 24.3 Å². The highest BCUT2D eigenvalue weighted by Crippen LogP contribution is 2.34. The summed E-state index contributed by atoms with van der Waals surface area (Å²) in [5.74, 6) is 1.60. The summed E-state index contributed by atoms with van der Waals surface area (Å²) in [5.41, 5.74) is 0.896. The van der Waals surface area contributed by atoms with E-state index in [1.165, 1.54) is 0 Å². The molecule has 0 atom stereocenters. The van der Waals surface area contributed by atoms with Gasteiger partial charge in [-0.1, -0.05) is 11.6 Å². The molecule has 0 aromatic heterocycles. The number of rotatable bonds is 1. The average molecular weight is 197 g/mol. The van der Waals surface area contributed by atoms with Gasteiger partial charge in [0.2, 0.25) is 0 Å². The summed E-state index contributed by atoms with van der Waals surface area (Å²) in [6.07, 6.45) is 1.84. The minimum Gasteiger partial charge on any atom is -0.497 e. The third kappa shape index (κ3) is 1.49. The van der Waals surface area contributed by atoms with Crippen molar-refractivity contribution >= 4 is 16.6 Å². The Balaban J connectivity index is 2.50. The number of hydrogen-bond acceptors (Lipinski definition) is 2. The van der Waals surface area contributed by atoms with Crippen LogP contribution in [0.5, 0.6) is 11.5 Å². The molecular weight excluding hydrogens is 188 g/mol. The molecule has 1 aliphatic rings. The van der Waals surface area contributed by atoms with Crippen molar-refractivity contribution in [2.24, 2.45) is 0 Å². The Morgan fingerprint density at radius 2 is 2.31 bits per heavy atom. The van der Waals surface area contributed by atoms with E-state index in [0.717, 1.165) is 22.1 Å². The molecule has 0 saturated heterocycles. The Labute approximate surface area is 81.7 Å². The van der Waals surface area contributed by atoms with Crippen LogP contribution >= 0.6 is 11.6 Å². The number of benzene rings is 1. The van der Waals surface area contributed by atoms with Gasteiger partial charge in [0.1, 0.15) is 18.1 Å². The molecule has 0 fully saturated rings. The van der Waals surface area contributed by atoms with Crippen molar-refractivity contribution in [2.45, 2.75) is 0 Å². The fourth-order valence-electron chi connectivity index (χ4n) is 1.26. The van der Waals surface area contributed by atoms with E-state index in [4.69, 9.17) is 21.1 Å². The molecule has 68 valence electrons. The standard InChI is InChI=1S/C10H9ClO2/c1-12-7-2-3-10-8(6-7)9(11)4-5-13-10/h2-4,6H,5H2,1H3. The first-order chi connectivity index (χ1) is 6.31. The normalized spacial score (nSPS) is 14.2. The number of methoxy groups -OCH3 is 1. The fraction of sp³-hybridized carbons (Fsp3) is 0.200. The Hall–Kier alpha value is -1.15. The predicted octanol–water partition coefficient (Wildman–Crippen LogP) is 2.67. The molecule has 1 heterocycles. The molecule has 1 aliphatic heterocycles. The largest absolute Gasteiger partial charge is 0.497 e. The quantitative estimate of drug-likeness (QED) is 0.688. The average Bonchev–Trinajstić information content (AvgIpc) is 2.18. The lowest BCUT2D eigenvalue weighted by Gasteiger charge is -2.15. The molecule has 0 spiro atoms. The van der Waals surface area contributed by atoms with Gasteiger partial charge >= 0.3 is 0 Å². The molecule has 0 unspecified atom stereocenters. The second kappa shape index (κ2) is 3.30. The van der Waals surface area contributed by atoms with Crippen molar-refractivity contribution in [3.8, 4) is 11.5 Å². The molecule has 3 heteroatoms. The number of halogens is 1. The smallest absolute Gasteiger partial charge is 0.128 e. The minimum absolute atomic E-state index is 0.540. The monoisotopic (exact) mass is 196 g/mol. The van der Waals surface area contributed by atoms with Gasteiger partial charge in [-0.15, -0.1) is 0 Å². The van der Waals surface area contributed by atoms with E-state index in [9.17, 15) is 0 Å². The van der Waals surface area contributed by atoms with Crippen molar-refractivity contribution in [3.63, 3.8) is 0 Å². The second-order valence-electron chi connectivity index (χ2n) is 2.73. The maximum Gasteiger partial charge on any atom is 0.128 e. The third-order valence-electron chi connectivity index (χ3n) is 1.95. The van der Waals surface area contributed by atoms with Crippen LogP contribution in [0.4, 0.5) is 0 Å². The summed E-state index contributed by atoms with van der Waals surface area (Å²) in [6.45, 7) is 0.540. The molecule has 0 aliphatic carbocycles. The van der Waals surface area contributed by atoms with Crippen LogP contribution < -0.4 is 9.47 Å². The Morgan fingerprint density at radius 1 is 1.46 bits per heavy atom. The first-order valence-corrected chi connectivity index (χ1v) is 4.36. The third-order valence-corrected chi connectivity index (χ3v) is 2.30. The molecule has 1 aromatic rings. The van der Waals surface area contributed by atoms with Gasteiger partial charge in [-0.2, -0.15) is 0 Å². The highest BCUT2D eigenvalue weighted by atomic mass is 35.5. The first kappa shape index (κ1) is 8.45. The molecule has 0 saturated carbocycles. The van der Waals surface area contributed by atoms with Crippen LogP contribution in [-0.4, -0.2) is 13.7 Å². The summed E-state index contributed by atoms with van der Waals surface area (Å²) in [5, 5.41) is 0.722. The van der Waals surface area contributed by atoms with E-state index in [1.54, 1.807) is 7.11 Å². The van der Waals surface area contributed by atoms with Crippen molar-refractivity contribution < 1.29 is 9.47 Å². The summed E-state index contributed by atoms with van der Waals surface area (Å²) in [4.78, 5) is 0.